The van der Waals surface area contributed by atoms with E-state index in [1.54, 1.807) is 0 Å². The highest BCUT2D eigenvalue weighted by Gasteiger charge is 2.45. The van der Waals surface area contributed by atoms with Gasteiger partial charge in [0.1, 0.15) is 0 Å². The smallest absolute Gasteiger partial charge is 0.154 e. The van der Waals surface area contributed by atoms with Gasteiger partial charge in [0, 0.05) is 16.9 Å². The summed E-state index contributed by atoms with van der Waals surface area (Å²) in [4.78, 5) is 15.4. The Kier molecular flexibility index (Phi) is 3.96. The van der Waals surface area contributed by atoms with Gasteiger partial charge < -0.3 is 0 Å². The van der Waals surface area contributed by atoms with Crippen LogP contribution in [-0.4, -0.2) is 29.8 Å². The number of halogens is 1. The van der Waals surface area contributed by atoms with E-state index in [1.165, 1.54) is 11.1 Å². The van der Waals surface area contributed by atoms with Gasteiger partial charge in [-0.1, -0.05) is 54.1 Å². The summed E-state index contributed by atoms with van der Waals surface area (Å²) in [5.74, 6) is 0.763. The molecule has 3 aliphatic heterocycles. The van der Waals surface area contributed by atoms with Crippen molar-refractivity contribution >= 4 is 17.4 Å². The van der Waals surface area contributed by atoms with Crippen molar-refractivity contribution in [3.05, 3.63) is 70.7 Å². The zero-order valence-corrected chi connectivity index (χ0v) is 13.7. The first kappa shape index (κ1) is 14.9. The van der Waals surface area contributed by atoms with E-state index < -0.39 is 0 Å². The van der Waals surface area contributed by atoms with Crippen molar-refractivity contribution in [2.24, 2.45) is 5.92 Å². The number of ketones is 1. The van der Waals surface area contributed by atoms with Crippen LogP contribution in [0.5, 0.6) is 0 Å². The maximum atomic E-state index is 13.0. The van der Waals surface area contributed by atoms with Crippen LogP contribution in [0.3, 0.4) is 0 Å². The van der Waals surface area contributed by atoms with Gasteiger partial charge in [-0.15, -0.1) is 0 Å². The first-order valence-corrected chi connectivity index (χ1v) is 8.70. The number of rotatable bonds is 3. The molecule has 118 valence electrons. The number of carbonyl (C=O) groups excluding carboxylic acids is 1. The molecule has 2 aromatic rings. The van der Waals surface area contributed by atoms with Gasteiger partial charge in [0.25, 0.3) is 0 Å². The molecule has 0 saturated carbocycles. The maximum Gasteiger partial charge on any atom is 0.154 e. The van der Waals surface area contributed by atoms with Crippen LogP contribution in [0.1, 0.15) is 29.9 Å². The van der Waals surface area contributed by atoms with Gasteiger partial charge in [0.15, 0.2) is 5.78 Å². The molecule has 5 rings (SSSR count). The SMILES string of the molecule is O=C1C2CCN(CC2)[C@@H]1[C@@H](c1ccccc1)c1ccc(Cl)cc1. The highest BCUT2D eigenvalue weighted by molar-refractivity contribution is 6.30. The van der Waals surface area contributed by atoms with Crippen molar-refractivity contribution in [3.8, 4) is 0 Å². The fraction of sp³-hybridized carbons (Fsp3) is 0.350. The summed E-state index contributed by atoms with van der Waals surface area (Å²) in [5, 5.41) is 0.734. The van der Waals surface area contributed by atoms with Crippen molar-refractivity contribution in [1.82, 2.24) is 4.90 Å². The van der Waals surface area contributed by atoms with Crippen LogP contribution in [0.2, 0.25) is 5.02 Å². The molecular formula is C20H20ClNO. The van der Waals surface area contributed by atoms with Gasteiger partial charge in [0.2, 0.25) is 0 Å². The summed E-state index contributed by atoms with van der Waals surface area (Å²) in [6.45, 7) is 2.08. The molecule has 0 amide bonds. The monoisotopic (exact) mass is 325 g/mol. The molecular weight excluding hydrogens is 306 g/mol. The molecule has 2 atom stereocenters. The van der Waals surface area contributed by atoms with Crippen LogP contribution in [0.4, 0.5) is 0 Å². The normalized spacial score (nSPS) is 27.9. The lowest BCUT2D eigenvalue weighted by molar-refractivity contribution is -0.137. The van der Waals surface area contributed by atoms with Crippen LogP contribution in [0.25, 0.3) is 0 Å². The van der Waals surface area contributed by atoms with Crippen LogP contribution in [-0.2, 0) is 4.79 Å². The van der Waals surface area contributed by atoms with Crippen molar-refractivity contribution < 1.29 is 4.79 Å². The van der Waals surface area contributed by atoms with E-state index in [0.717, 1.165) is 31.0 Å². The number of carbonyl (C=O) groups is 1. The lowest BCUT2D eigenvalue weighted by atomic mass is 9.73. The van der Waals surface area contributed by atoms with E-state index in [-0.39, 0.29) is 17.9 Å². The van der Waals surface area contributed by atoms with Gasteiger partial charge in [-0.05, 0) is 49.2 Å². The Balaban J connectivity index is 1.79. The van der Waals surface area contributed by atoms with Crippen LogP contribution >= 0.6 is 11.6 Å². The summed E-state index contributed by atoms with van der Waals surface area (Å²) < 4.78 is 0. The van der Waals surface area contributed by atoms with Gasteiger partial charge in [-0.3, -0.25) is 9.69 Å². The number of Topliss-reactive ketones (excluding diaryl/α,β-unsaturated/α-hetero) is 1. The Morgan fingerprint density at radius 1 is 0.913 bits per heavy atom. The number of benzene rings is 2. The molecule has 3 heteroatoms. The number of hydrogen-bond donors (Lipinski definition) is 0. The summed E-state index contributed by atoms with van der Waals surface area (Å²) in [5.41, 5.74) is 2.38. The third-order valence-electron chi connectivity index (χ3n) is 5.32. The van der Waals surface area contributed by atoms with E-state index in [2.05, 4.69) is 41.3 Å². The third kappa shape index (κ3) is 2.71. The molecule has 0 N–H and O–H groups in total. The Morgan fingerprint density at radius 2 is 1.52 bits per heavy atom. The Morgan fingerprint density at radius 3 is 2.13 bits per heavy atom. The summed E-state index contributed by atoms with van der Waals surface area (Å²) in [6.07, 6.45) is 2.05. The molecule has 2 nitrogen and oxygen atoms in total. The maximum absolute atomic E-state index is 13.0. The van der Waals surface area contributed by atoms with E-state index in [1.807, 2.05) is 18.2 Å². The average molecular weight is 326 g/mol. The van der Waals surface area contributed by atoms with Crippen LogP contribution in [0, 0.1) is 5.92 Å². The molecule has 0 unspecified atom stereocenters. The van der Waals surface area contributed by atoms with Gasteiger partial charge >= 0.3 is 0 Å². The fourth-order valence-electron chi connectivity index (χ4n) is 4.15. The molecule has 23 heavy (non-hydrogen) atoms. The summed E-state index contributed by atoms with van der Waals surface area (Å²) >= 11 is 6.06. The zero-order valence-electron chi connectivity index (χ0n) is 13.0. The number of piperidine rings is 3. The minimum absolute atomic E-state index is 0.0360. The number of hydrogen-bond acceptors (Lipinski definition) is 2. The molecule has 0 aromatic heterocycles. The van der Waals surface area contributed by atoms with Gasteiger partial charge in [-0.2, -0.15) is 0 Å². The first-order valence-electron chi connectivity index (χ1n) is 8.32. The molecule has 3 saturated heterocycles. The van der Waals surface area contributed by atoms with E-state index in [0.29, 0.717) is 5.78 Å². The van der Waals surface area contributed by atoms with E-state index in [9.17, 15) is 4.79 Å². The second kappa shape index (κ2) is 6.10. The standard InChI is InChI=1S/C20H20ClNO/c21-17-8-6-15(7-9-17)18(14-4-2-1-3-5-14)19-20(23)16-10-12-22(19)13-11-16/h1-9,16,18-19H,10-13H2/t18-,19+/m0/s1. The molecule has 0 aliphatic carbocycles. The van der Waals surface area contributed by atoms with Crippen LogP contribution in [0.15, 0.2) is 54.6 Å². The predicted octanol–water partition coefficient (Wildman–Crippen LogP) is 4.14. The van der Waals surface area contributed by atoms with Crippen LogP contribution < -0.4 is 0 Å². The predicted molar refractivity (Wildman–Crippen MR) is 92.8 cm³/mol. The quantitative estimate of drug-likeness (QED) is 0.845. The van der Waals surface area contributed by atoms with Gasteiger partial charge in [-0.25, -0.2) is 0 Å². The minimum Gasteiger partial charge on any atom is -0.298 e. The molecule has 0 spiro atoms. The van der Waals surface area contributed by atoms with E-state index in [4.69, 9.17) is 11.6 Å². The lowest BCUT2D eigenvalue weighted by Crippen LogP contribution is -2.57. The molecule has 3 aliphatic rings. The fourth-order valence-corrected chi connectivity index (χ4v) is 4.27. The Bertz CT molecular complexity index is 689. The van der Waals surface area contributed by atoms with Gasteiger partial charge in [0.05, 0.1) is 6.04 Å². The highest BCUT2D eigenvalue weighted by Crippen LogP contribution is 2.39. The van der Waals surface area contributed by atoms with Crippen molar-refractivity contribution in [3.63, 3.8) is 0 Å². The lowest BCUT2D eigenvalue weighted by Gasteiger charge is -2.47. The summed E-state index contributed by atoms with van der Waals surface area (Å²) in [6, 6.07) is 18.3. The largest absolute Gasteiger partial charge is 0.298 e. The molecule has 2 aromatic carbocycles. The molecule has 0 radical (unpaired) electrons. The molecule has 3 fully saturated rings. The summed E-state index contributed by atoms with van der Waals surface area (Å²) in [7, 11) is 0. The minimum atomic E-state index is -0.0360. The Hall–Kier alpha value is -1.64. The molecule has 2 bridgehead atoms. The second-order valence-corrected chi connectivity index (χ2v) is 7.03. The first-order chi connectivity index (χ1) is 11.2. The van der Waals surface area contributed by atoms with Crippen molar-refractivity contribution in [1.29, 1.82) is 0 Å². The zero-order chi connectivity index (χ0) is 15.8. The molecule has 3 heterocycles. The highest BCUT2D eigenvalue weighted by atomic mass is 35.5. The third-order valence-corrected chi connectivity index (χ3v) is 5.57. The number of fused-ring (bicyclic) bond motifs is 3. The average Bonchev–Trinajstić information content (AvgIpc) is 2.61. The Labute approximate surface area is 142 Å². The van der Waals surface area contributed by atoms with Crippen molar-refractivity contribution in [2.75, 3.05) is 13.1 Å². The number of nitrogens with zero attached hydrogens (tertiary/aromatic N) is 1. The second-order valence-electron chi connectivity index (χ2n) is 6.60. The van der Waals surface area contributed by atoms with E-state index >= 15 is 0 Å². The topological polar surface area (TPSA) is 20.3 Å². The van der Waals surface area contributed by atoms with Crippen molar-refractivity contribution in [2.45, 2.75) is 24.8 Å².